The normalized spacial score (nSPS) is 19.5. The van der Waals surface area contributed by atoms with Gasteiger partial charge in [0, 0.05) is 54.8 Å². The number of ether oxygens (including phenoxy) is 3. The summed E-state index contributed by atoms with van der Waals surface area (Å²) < 4.78 is 17.0. The van der Waals surface area contributed by atoms with Crippen LogP contribution in [0.2, 0.25) is 0 Å². The van der Waals surface area contributed by atoms with Crippen LogP contribution in [0.1, 0.15) is 49.6 Å². The first-order valence-corrected chi connectivity index (χ1v) is 13.1. The highest BCUT2D eigenvalue weighted by Gasteiger charge is 2.48. The standard InChI is InChI=1S/C29H35N3O5/c1-4-36-26(37-5-2)15-10-16-31-18-25(33)32-23(29(31)34)17-21-19-11-6-8-13-22(19)30-27(21)28(32)20-12-7-9-14-24(20)35-3/h6-9,11-14,23,26,28,30H,4-5,10,15-18H2,1-3H3. The lowest BCUT2D eigenvalue weighted by atomic mass is 9.86. The average Bonchev–Trinajstić information content (AvgIpc) is 3.29. The summed E-state index contributed by atoms with van der Waals surface area (Å²) in [6.07, 6.45) is 1.56. The molecule has 3 heterocycles. The number of aromatic amines is 1. The van der Waals surface area contributed by atoms with Crippen molar-refractivity contribution in [2.45, 2.75) is 51.5 Å². The van der Waals surface area contributed by atoms with Crippen molar-refractivity contribution in [3.63, 3.8) is 0 Å². The molecule has 5 rings (SSSR count). The molecular weight excluding hydrogens is 470 g/mol. The Labute approximate surface area is 217 Å². The van der Waals surface area contributed by atoms with Gasteiger partial charge >= 0.3 is 0 Å². The van der Waals surface area contributed by atoms with Crippen molar-refractivity contribution in [1.29, 1.82) is 0 Å². The first-order valence-electron chi connectivity index (χ1n) is 13.1. The van der Waals surface area contributed by atoms with E-state index in [1.165, 1.54) is 0 Å². The summed E-state index contributed by atoms with van der Waals surface area (Å²) in [4.78, 5) is 34.6. The molecule has 1 fully saturated rings. The highest BCUT2D eigenvalue weighted by Crippen LogP contribution is 2.44. The monoisotopic (exact) mass is 505 g/mol. The van der Waals surface area contributed by atoms with E-state index in [9.17, 15) is 9.59 Å². The lowest BCUT2D eigenvalue weighted by Crippen LogP contribution is -2.63. The van der Waals surface area contributed by atoms with Crippen molar-refractivity contribution in [1.82, 2.24) is 14.8 Å². The molecular formula is C29H35N3O5. The minimum absolute atomic E-state index is 0.0141. The molecule has 0 bridgehead atoms. The van der Waals surface area contributed by atoms with Crippen molar-refractivity contribution in [3.8, 4) is 5.75 Å². The topological polar surface area (TPSA) is 84.1 Å². The molecule has 196 valence electrons. The van der Waals surface area contributed by atoms with E-state index in [1.807, 2.05) is 56.3 Å². The highest BCUT2D eigenvalue weighted by atomic mass is 16.7. The zero-order valence-electron chi connectivity index (χ0n) is 21.7. The smallest absolute Gasteiger partial charge is 0.246 e. The number of nitrogens with zero attached hydrogens (tertiary/aromatic N) is 2. The van der Waals surface area contributed by atoms with E-state index in [0.29, 0.717) is 44.8 Å². The van der Waals surface area contributed by atoms with Crippen LogP contribution in [0.5, 0.6) is 5.75 Å². The van der Waals surface area contributed by atoms with Gasteiger partial charge in [0.25, 0.3) is 0 Å². The largest absolute Gasteiger partial charge is 0.496 e. The summed E-state index contributed by atoms with van der Waals surface area (Å²) in [6, 6.07) is 14.8. The predicted molar refractivity (Wildman–Crippen MR) is 140 cm³/mol. The molecule has 1 saturated heterocycles. The Morgan fingerprint density at radius 1 is 1.03 bits per heavy atom. The van der Waals surface area contributed by atoms with E-state index in [2.05, 4.69) is 11.1 Å². The molecule has 0 spiro atoms. The van der Waals surface area contributed by atoms with E-state index in [1.54, 1.807) is 16.9 Å². The first-order chi connectivity index (χ1) is 18.1. The number of amides is 2. The van der Waals surface area contributed by atoms with Gasteiger partial charge in [0.2, 0.25) is 11.8 Å². The first kappa shape index (κ1) is 25.3. The quantitative estimate of drug-likeness (QED) is 0.421. The van der Waals surface area contributed by atoms with Gasteiger partial charge in [-0.25, -0.2) is 0 Å². The summed E-state index contributed by atoms with van der Waals surface area (Å²) in [5.74, 6) is 0.620. The molecule has 1 N–H and O–H groups in total. The van der Waals surface area contributed by atoms with Gasteiger partial charge in [-0.05, 0) is 38.0 Å². The van der Waals surface area contributed by atoms with Crippen LogP contribution < -0.4 is 4.74 Å². The number of hydrogen-bond acceptors (Lipinski definition) is 5. The molecule has 1 aromatic heterocycles. The van der Waals surface area contributed by atoms with Crippen molar-refractivity contribution in [2.75, 3.05) is 33.4 Å². The van der Waals surface area contributed by atoms with Gasteiger partial charge in [-0.15, -0.1) is 0 Å². The average molecular weight is 506 g/mol. The molecule has 0 aliphatic carbocycles. The van der Waals surface area contributed by atoms with Crippen LogP contribution in [0.4, 0.5) is 0 Å². The van der Waals surface area contributed by atoms with Gasteiger partial charge in [-0.2, -0.15) is 0 Å². The maximum absolute atomic E-state index is 13.9. The third-order valence-corrected chi connectivity index (χ3v) is 7.35. The van der Waals surface area contributed by atoms with Crippen molar-refractivity contribution >= 4 is 22.7 Å². The minimum Gasteiger partial charge on any atom is -0.496 e. The van der Waals surface area contributed by atoms with E-state index >= 15 is 0 Å². The van der Waals surface area contributed by atoms with Gasteiger partial charge < -0.3 is 29.0 Å². The molecule has 2 amide bonds. The molecule has 2 unspecified atom stereocenters. The molecule has 2 aliphatic rings. The molecule has 8 nitrogen and oxygen atoms in total. The van der Waals surface area contributed by atoms with Crippen LogP contribution >= 0.6 is 0 Å². The number of carbonyl (C=O) groups is 2. The van der Waals surface area contributed by atoms with Crippen LogP contribution in [0.15, 0.2) is 48.5 Å². The molecule has 2 aromatic carbocycles. The van der Waals surface area contributed by atoms with E-state index in [4.69, 9.17) is 14.2 Å². The van der Waals surface area contributed by atoms with Gasteiger partial charge in [0.1, 0.15) is 17.8 Å². The van der Waals surface area contributed by atoms with Gasteiger partial charge in [0.05, 0.1) is 13.7 Å². The molecule has 3 aromatic rings. The third-order valence-electron chi connectivity index (χ3n) is 7.35. The van der Waals surface area contributed by atoms with Crippen LogP contribution in [-0.4, -0.2) is 72.3 Å². The molecule has 37 heavy (non-hydrogen) atoms. The van der Waals surface area contributed by atoms with Crippen LogP contribution in [0.3, 0.4) is 0 Å². The van der Waals surface area contributed by atoms with Gasteiger partial charge in [0.15, 0.2) is 6.29 Å². The second kappa shape index (κ2) is 10.9. The molecule has 2 aliphatic heterocycles. The molecule has 0 saturated carbocycles. The zero-order valence-corrected chi connectivity index (χ0v) is 21.7. The van der Waals surface area contributed by atoms with Crippen LogP contribution in [-0.2, 0) is 25.5 Å². The lowest BCUT2D eigenvalue weighted by molar-refractivity contribution is -0.159. The van der Waals surface area contributed by atoms with E-state index < -0.39 is 12.1 Å². The Kier molecular flexibility index (Phi) is 7.48. The SMILES string of the molecule is CCOC(CCCN1CC(=O)N2C(Cc3c([nH]c4ccccc34)C2c2ccccc2OC)C1=O)OCC. The fraction of sp³-hybridized carbons (Fsp3) is 0.448. The summed E-state index contributed by atoms with van der Waals surface area (Å²) in [5, 5.41) is 1.09. The number of benzene rings is 2. The third kappa shape index (κ3) is 4.71. The Morgan fingerprint density at radius 3 is 2.51 bits per heavy atom. The zero-order chi connectivity index (χ0) is 25.9. The van der Waals surface area contributed by atoms with Crippen molar-refractivity contribution in [2.24, 2.45) is 0 Å². The van der Waals surface area contributed by atoms with E-state index in [0.717, 1.165) is 27.7 Å². The number of para-hydroxylation sites is 2. The summed E-state index contributed by atoms with van der Waals surface area (Å²) in [6.45, 7) is 5.57. The Morgan fingerprint density at radius 2 is 1.76 bits per heavy atom. The number of fused-ring (bicyclic) bond motifs is 4. The second-order valence-electron chi connectivity index (χ2n) is 9.47. The fourth-order valence-corrected chi connectivity index (χ4v) is 5.76. The Balaban J connectivity index is 1.47. The second-order valence-corrected chi connectivity index (χ2v) is 9.47. The van der Waals surface area contributed by atoms with Gasteiger partial charge in [-0.1, -0.05) is 36.4 Å². The maximum atomic E-state index is 13.9. The van der Waals surface area contributed by atoms with Crippen LogP contribution in [0, 0.1) is 0 Å². The maximum Gasteiger partial charge on any atom is 0.246 e. The number of aromatic nitrogens is 1. The van der Waals surface area contributed by atoms with Gasteiger partial charge in [-0.3, -0.25) is 9.59 Å². The fourth-order valence-electron chi connectivity index (χ4n) is 5.76. The number of nitrogens with one attached hydrogen (secondary N) is 1. The predicted octanol–water partition coefficient (Wildman–Crippen LogP) is 4.04. The lowest BCUT2D eigenvalue weighted by Gasteiger charge is -2.47. The summed E-state index contributed by atoms with van der Waals surface area (Å²) in [5.41, 5.74) is 3.91. The van der Waals surface area contributed by atoms with Crippen molar-refractivity contribution < 1.29 is 23.8 Å². The molecule has 2 atom stereocenters. The number of piperazine rings is 1. The Hall–Kier alpha value is -3.36. The number of H-pyrrole nitrogens is 1. The highest BCUT2D eigenvalue weighted by molar-refractivity contribution is 5.97. The number of carbonyl (C=O) groups excluding carboxylic acids is 2. The minimum atomic E-state index is -0.572. The van der Waals surface area contributed by atoms with Crippen LogP contribution in [0.25, 0.3) is 10.9 Å². The van der Waals surface area contributed by atoms with Crippen molar-refractivity contribution in [3.05, 3.63) is 65.4 Å². The Bertz CT molecular complexity index is 1270. The van der Waals surface area contributed by atoms with E-state index in [-0.39, 0.29) is 24.6 Å². The number of rotatable bonds is 10. The number of methoxy groups -OCH3 is 1. The molecule has 0 radical (unpaired) electrons. The summed E-state index contributed by atoms with van der Waals surface area (Å²) in [7, 11) is 1.63. The number of hydrogen-bond donors (Lipinski definition) is 1. The molecule has 8 heteroatoms. The summed E-state index contributed by atoms with van der Waals surface area (Å²) >= 11 is 0.